The molecule has 5 heteroatoms. The summed E-state index contributed by atoms with van der Waals surface area (Å²) in [6.45, 7) is 3.94. The number of hydrogen-bond acceptors (Lipinski definition) is 3. The second-order valence-electron chi connectivity index (χ2n) is 7.04. The Labute approximate surface area is 151 Å². The number of hydrogen-bond donors (Lipinski definition) is 1. The van der Waals surface area contributed by atoms with Crippen LogP contribution in [0.25, 0.3) is 32.9 Å². The summed E-state index contributed by atoms with van der Waals surface area (Å²) in [6, 6.07) is 12.0. The van der Waals surface area contributed by atoms with Gasteiger partial charge in [-0.1, -0.05) is 24.3 Å². The smallest absolute Gasteiger partial charge is 0.258 e. The largest absolute Gasteiger partial charge is 0.324 e. The molecule has 0 saturated heterocycles. The van der Waals surface area contributed by atoms with E-state index in [1.54, 1.807) is 9.25 Å². The third-order valence-electron chi connectivity index (χ3n) is 4.95. The normalized spacial score (nSPS) is 12.8. The number of fused-ring (bicyclic) bond motifs is 2. The van der Waals surface area contributed by atoms with Crippen molar-refractivity contribution < 1.29 is 0 Å². The molecule has 4 aromatic rings. The average molecular weight is 346 g/mol. The Hall–Kier alpha value is -2.92. The first-order valence-electron chi connectivity index (χ1n) is 8.69. The van der Waals surface area contributed by atoms with Crippen LogP contribution >= 0.6 is 0 Å². The molecule has 0 aliphatic rings. The van der Waals surface area contributed by atoms with Crippen LogP contribution < -0.4 is 11.3 Å². The van der Waals surface area contributed by atoms with Gasteiger partial charge in [0.25, 0.3) is 5.56 Å². The Morgan fingerprint density at radius 1 is 1.12 bits per heavy atom. The number of aromatic nitrogens is 3. The molecular formula is C21H22N4O. The number of nitrogens with zero attached hydrogens (tertiary/aromatic N) is 3. The van der Waals surface area contributed by atoms with Crippen LogP contribution in [0.2, 0.25) is 0 Å². The summed E-state index contributed by atoms with van der Waals surface area (Å²) in [4.78, 5) is 13.1. The molecule has 0 bridgehead atoms. The molecule has 1 atom stereocenters. The topological polar surface area (TPSA) is 65.8 Å². The highest BCUT2D eigenvalue weighted by atomic mass is 16.1. The van der Waals surface area contributed by atoms with Crippen molar-refractivity contribution in [2.24, 2.45) is 19.8 Å². The fourth-order valence-corrected chi connectivity index (χ4v) is 3.69. The van der Waals surface area contributed by atoms with Crippen molar-refractivity contribution in [1.29, 1.82) is 0 Å². The maximum atomic E-state index is 13.1. The Kier molecular flexibility index (Phi) is 3.70. The maximum Gasteiger partial charge on any atom is 0.258 e. The van der Waals surface area contributed by atoms with Crippen molar-refractivity contribution in [2.75, 3.05) is 0 Å². The lowest BCUT2D eigenvalue weighted by Gasteiger charge is -2.16. The SMILES string of the molecule is Cc1cc(C(C)N)c2cc(-c3cccc4cn(C)nc34)n(C)c(=O)c2c1. The summed E-state index contributed by atoms with van der Waals surface area (Å²) < 4.78 is 3.50. The lowest BCUT2D eigenvalue weighted by Crippen LogP contribution is -2.20. The van der Waals surface area contributed by atoms with E-state index in [0.717, 1.165) is 38.7 Å². The van der Waals surface area contributed by atoms with Crippen LogP contribution in [0, 0.1) is 6.92 Å². The number of nitrogens with two attached hydrogens (primary N) is 1. The standard InChI is InChI=1S/C21H22N4O/c1-12-8-16(13(2)22)17-10-19(25(4)21(26)18(17)9-12)15-7-5-6-14-11-24(3)23-20(14)15/h5-11,13H,22H2,1-4H3. The molecule has 1 unspecified atom stereocenters. The van der Waals surface area contributed by atoms with Gasteiger partial charge in [-0.15, -0.1) is 0 Å². The van der Waals surface area contributed by atoms with Gasteiger partial charge in [0.1, 0.15) is 5.52 Å². The Morgan fingerprint density at radius 3 is 2.62 bits per heavy atom. The average Bonchev–Trinajstić information content (AvgIpc) is 2.98. The molecule has 132 valence electrons. The monoisotopic (exact) mass is 346 g/mol. The summed E-state index contributed by atoms with van der Waals surface area (Å²) >= 11 is 0. The van der Waals surface area contributed by atoms with Gasteiger partial charge in [-0.05, 0) is 42.5 Å². The second-order valence-corrected chi connectivity index (χ2v) is 7.04. The van der Waals surface area contributed by atoms with Crippen molar-refractivity contribution in [2.45, 2.75) is 19.9 Å². The summed E-state index contributed by atoms with van der Waals surface area (Å²) in [5, 5.41) is 7.26. The zero-order valence-electron chi connectivity index (χ0n) is 15.4. The van der Waals surface area contributed by atoms with Gasteiger partial charge < -0.3 is 10.3 Å². The van der Waals surface area contributed by atoms with Crippen molar-refractivity contribution in [1.82, 2.24) is 14.3 Å². The summed E-state index contributed by atoms with van der Waals surface area (Å²) in [6.07, 6.45) is 1.98. The van der Waals surface area contributed by atoms with Crippen LogP contribution in [0.15, 0.2) is 47.4 Å². The molecule has 26 heavy (non-hydrogen) atoms. The van der Waals surface area contributed by atoms with E-state index in [2.05, 4.69) is 17.2 Å². The molecule has 0 fully saturated rings. The van der Waals surface area contributed by atoms with E-state index in [4.69, 9.17) is 5.73 Å². The molecule has 2 N–H and O–H groups in total. The van der Waals surface area contributed by atoms with Crippen LogP contribution in [-0.4, -0.2) is 14.3 Å². The van der Waals surface area contributed by atoms with Crippen LogP contribution in [0.1, 0.15) is 24.1 Å². The van der Waals surface area contributed by atoms with Gasteiger partial charge >= 0.3 is 0 Å². The Bertz CT molecular complexity index is 1210. The fraction of sp³-hybridized carbons (Fsp3) is 0.238. The van der Waals surface area contributed by atoms with E-state index in [-0.39, 0.29) is 11.6 Å². The quantitative estimate of drug-likeness (QED) is 0.605. The Balaban J connectivity index is 2.14. The van der Waals surface area contributed by atoms with Gasteiger partial charge in [0.05, 0.1) is 5.69 Å². The minimum Gasteiger partial charge on any atom is -0.324 e. The summed E-state index contributed by atoms with van der Waals surface area (Å²) in [7, 11) is 3.72. The molecule has 0 radical (unpaired) electrons. The molecule has 0 aliphatic heterocycles. The van der Waals surface area contributed by atoms with Gasteiger partial charge in [-0.2, -0.15) is 5.10 Å². The highest BCUT2D eigenvalue weighted by Crippen LogP contribution is 2.31. The maximum absolute atomic E-state index is 13.1. The van der Waals surface area contributed by atoms with Gasteiger partial charge in [-0.3, -0.25) is 9.48 Å². The van der Waals surface area contributed by atoms with Gasteiger partial charge in [0.2, 0.25) is 0 Å². The Morgan fingerprint density at radius 2 is 1.88 bits per heavy atom. The van der Waals surface area contributed by atoms with Crippen molar-refractivity contribution in [3.8, 4) is 11.3 Å². The lowest BCUT2D eigenvalue weighted by molar-refractivity contribution is 0.779. The first-order valence-corrected chi connectivity index (χ1v) is 8.69. The molecule has 0 spiro atoms. The van der Waals surface area contributed by atoms with Crippen LogP contribution in [0.5, 0.6) is 0 Å². The van der Waals surface area contributed by atoms with Gasteiger partial charge in [0, 0.05) is 42.7 Å². The molecule has 0 aliphatic carbocycles. The zero-order chi connectivity index (χ0) is 18.6. The molecule has 0 amide bonds. The van der Waals surface area contributed by atoms with E-state index in [9.17, 15) is 4.79 Å². The highest BCUT2D eigenvalue weighted by Gasteiger charge is 2.16. The van der Waals surface area contributed by atoms with Crippen LogP contribution in [0.3, 0.4) is 0 Å². The predicted octanol–water partition coefficient (Wildman–Crippen LogP) is 3.42. The minimum absolute atomic E-state index is 0.0176. The van der Waals surface area contributed by atoms with Gasteiger partial charge in [0.15, 0.2) is 0 Å². The molecule has 4 rings (SSSR count). The first-order chi connectivity index (χ1) is 12.4. The summed E-state index contributed by atoms with van der Waals surface area (Å²) in [5.41, 5.74) is 10.9. The third kappa shape index (κ3) is 2.44. The van der Waals surface area contributed by atoms with E-state index < -0.39 is 0 Å². The molecule has 5 nitrogen and oxygen atoms in total. The second kappa shape index (κ2) is 5.81. The van der Waals surface area contributed by atoms with Crippen molar-refractivity contribution in [3.05, 3.63) is 64.1 Å². The summed E-state index contributed by atoms with van der Waals surface area (Å²) in [5.74, 6) is 0. The van der Waals surface area contributed by atoms with Crippen LogP contribution in [0.4, 0.5) is 0 Å². The molecular weight excluding hydrogens is 324 g/mol. The van der Waals surface area contributed by atoms with E-state index in [0.29, 0.717) is 5.39 Å². The third-order valence-corrected chi connectivity index (χ3v) is 4.95. The minimum atomic E-state index is -0.150. The van der Waals surface area contributed by atoms with Gasteiger partial charge in [-0.25, -0.2) is 0 Å². The number of rotatable bonds is 2. The predicted molar refractivity (Wildman–Crippen MR) is 106 cm³/mol. The molecule has 2 heterocycles. The highest BCUT2D eigenvalue weighted by molar-refractivity contribution is 5.96. The zero-order valence-corrected chi connectivity index (χ0v) is 15.4. The number of pyridine rings is 1. The van der Waals surface area contributed by atoms with Crippen molar-refractivity contribution in [3.63, 3.8) is 0 Å². The van der Waals surface area contributed by atoms with E-state index in [1.165, 1.54) is 0 Å². The number of aryl methyl sites for hydroxylation is 2. The molecule has 0 saturated carbocycles. The first kappa shape index (κ1) is 16.5. The van der Waals surface area contributed by atoms with E-state index in [1.807, 2.05) is 58.4 Å². The number of benzene rings is 2. The lowest BCUT2D eigenvalue weighted by atomic mass is 9.96. The van der Waals surface area contributed by atoms with E-state index >= 15 is 0 Å². The fourth-order valence-electron chi connectivity index (χ4n) is 3.69. The van der Waals surface area contributed by atoms with Crippen LogP contribution in [-0.2, 0) is 14.1 Å². The van der Waals surface area contributed by atoms with Crippen molar-refractivity contribution >= 4 is 21.7 Å². The molecule has 2 aromatic heterocycles. The molecule has 2 aromatic carbocycles.